The summed E-state index contributed by atoms with van der Waals surface area (Å²) in [7, 11) is -3.49. The van der Waals surface area contributed by atoms with Gasteiger partial charge in [-0.3, -0.25) is 4.98 Å². The van der Waals surface area contributed by atoms with Crippen molar-refractivity contribution in [2.75, 3.05) is 12.4 Å². The minimum atomic E-state index is -3.49. The van der Waals surface area contributed by atoms with Crippen molar-refractivity contribution in [2.45, 2.75) is 11.8 Å². The molecule has 7 heteroatoms. The monoisotopic (exact) mass is 326 g/mol. The Balaban J connectivity index is 2.78. The highest BCUT2D eigenvalue weighted by Crippen LogP contribution is 2.14. The van der Waals surface area contributed by atoms with E-state index in [2.05, 4.69) is 25.6 Å². The van der Waals surface area contributed by atoms with Crippen molar-refractivity contribution in [3.8, 4) is 0 Å². The van der Waals surface area contributed by atoms with E-state index in [4.69, 9.17) is 11.6 Å². The van der Waals surface area contributed by atoms with Gasteiger partial charge in [-0.15, -0.1) is 11.6 Å². The van der Waals surface area contributed by atoms with Crippen molar-refractivity contribution >= 4 is 37.6 Å². The number of nitrogens with zero attached hydrogens (tertiary/aromatic N) is 1. The molecule has 90 valence electrons. The van der Waals surface area contributed by atoms with Crippen LogP contribution < -0.4 is 4.72 Å². The molecule has 4 nitrogen and oxygen atoms in total. The number of halogens is 2. The molecule has 0 amide bonds. The van der Waals surface area contributed by atoms with Crippen LogP contribution in [0.2, 0.25) is 0 Å². The van der Waals surface area contributed by atoms with Gasteiger partial charge in [0.1, 0.15) is 4.90 Å². The van der Waals surface area contributed by atoms with Gasteiger partial charge in [-0.25, -0.2) is 13.1 Å². The van der Waals surface area contributed by atoms with Crippen LogP contribution in [0.3, 0.4) is 0 Å². The molecule has 0 saturated carbocycles. The first-order valence-electron chi connectivity index (χ1n) is 4.62. The average Bonchev–Trinajstić information content (AvgIpc) is 2.26. The van der Waals surface area contributed by atoms with E-state index in [0.29, 0.717) is 16.9 Å². The summed E-state index contributed by atoms with van der Waals surface area (Å²) < 4.78 is 26.7. The molecule has 16 heavy (non-hydrogen) atoms. The molecule has 1 aromatic heterocycles. The van der Waals surface area contributed by atoms with E-state index >= 15 is 0 Å². The van der Waals surface area contributed by atoms with Gasteiger partial charge in [0.2, 0.25) is 10.0 Å². The predicted molar refractivity (Wildman–Crippen MR) is 67.0 cm³/mol. The van der Waals surface area contributed by atoms with Crippen LogP contribution in [0.15, 0.2) is 27.8 Å². The average molecular weight is 328 g/mol. The number of rotatable bonds is 5. The van der Waals surface area contributed by atoms with Gasteiger partial charge in [0.25, 0.3) is 0 Å². The van der Waals surface area contributed by atoms with Crippen molar-refractivity contribution in [3.63, 3.8) is 0 Å². The molecule has 1 unspecified atom stereocenters. The van der Waals surface area contributed by atoms with Gasteiger partial charge in [-0.1, -0.05) is 6.92 Å². The third kappa shape index (κ3) is 4.01. The van der Waals surface area contributed by atoms with Crippen molar-refractivity contribution in [3.05, 3.63) is 22.9 Å². The van der Waals surface area contributed by atoms with Gasteiger partial charge in [-0.05, 0) is 27.9 Å². The zero-order chi connectivity index (χ0) is 12.2. The molecule has 0 radical (unpaired) electrons. The number of pyridine rings is 1. The first-order valence-corrected chi connectivity index (χ1v) is 7.43. The van der Waals surface area contributed by atoms with Gasteiger partial charge in [-0.2, -0.15) is 0 Å². The summed E-state index contributed by atoms with van der Waals surface area (Å²) in [6.45, 7) is 2.19. The van der Waals surface area contributed by atoms with Crippen LogP contribution in [0, 0.1) is 5.92 Å². The summed E-state index contributed by atoms with van der Waals surface area (Å²) in [4.78, 5) is 3.95. The highest BCUT2D eigenvalue weighted by molar-refractivity contribution is 9.10. The minimum absolute atomic E-state index is 0.0940. The zero-order valence-corrected chi connectivity index (χ0v) is 11.8. The maximum atomic E-state index is 11.8. The summed E-state index contributed by atoms with van der Waals surface area (Å²) in [5.74, 6) is 0.510. The summed E-state index contributed by atoms with van der Waals surface area (Å²) in [6.07, 6.45) is 2.83. The molecule has 1 N–H and O–H groups in total. The standard InChI is InChI=1S/C9H12BrClN2O2S/c1-7(3-11)4-13-16(14,15)9-2-8(10)5-12-6-9/h2,5-7,13H,3-4H2,1H3. The van der Waals surface area contributed by atoms with Crippen LogP contribution >= 0.6 is 27.5 Å². The van der Waals surface area contributed by atoms with E-state index in [9.17, 15) is 8.42 Å². The molecule has 0 saturated heterocycles. The molecule has 1 rings (SSSR count). The lowest BCUT2D eigenvalue weighted by atomic mass is 10.2. The Hall–Kier alpha value is -0.170. The summed E-state index contributed by atoms with van der Waals surface area (Å²) >= 11 is 8.77. The second-order valence-corrected chi connectivity index (χ2v) is 6.44. The molecule has 0 bridgehead atoms. The lowest BCUT2D eigenvalue weighted by Crippen LogP contribution is -2.29. The summed E-state index contributed by atoms with van der Waals surface area (Å²) in [5, 5.41) is 0. The first kappa shape index (κ1) is 13.9. The van der Waals surface area contributed by atoms with E-state index in [-0.39, 0.29) is 10.8 Å². The van der Waals surface area contributed by atoms with E-state index in [0.717, 1.165) is 0 Å². The summed E-state index contributed by atoms with van der Waals surface area (Å²) in [5.41, 5.74) is 0. The molecule has 0 fully saturated rings. The second-order valence-electron chi connectivity index (χ2n) is 3.45. The normalized spacial score (nSPS) is 13.7. The van der Waals surface area contributed by atoms with Gasteiger partial charge >= 0.3 is 0 Å². The van der Waals surface area contributed by atoms with Crippen molar-refractivity contribution in [1.29, 1.82) is 0 Å². The Bertz CT molecular complexity index is 453. The van der Waals surface area contributed by atoms with E-state index in [1.807, 2.05) is 6.92 Å². The van der Waals surface area contributed by atoms with Crippen LogP contribution in [-0.4, -0.2) is 25.8 Å². The Kier molecular flexibility index (Phi) is 5.17. The molecule has 1 atom stereocenters. The largest absolute Gasteiger partial charge is 0.262 e. The lowest BCUT2D eigenvalue weighted by Gasteiger charge is -2.09. The topological polar surface area (TPSA) is 59.1 Å². The molecule has 0 spiro atoms. The van der Waals surface area contributed by atoms with Crippen molar-refractivity contribution in [1.82, 2.24) is 9.71 Å². The predicted octanol–water partition coefficient (Wildman–Crippen LogP) is 2.00. The van der Waals surface area contributed by atoms with E-state index in [1.54, 1.807) is 0 Å². The van der Waals surface area contributed by atoms with Gasteiger partial charge in [0.05, 0.1) is 0 Å². The number of alkyl halides is 1. The fourth-order valence-electron chi connectivity index (χ4n) is 0.929. The molecular formula is C9H12BrClN2O2S. The molecule has 1 aromatic rings. The van der Waals surface area contributed by atoms with E-state index in [1.165, 1.54) is 18.5 Å². The van der Waals surface area contributed by atoms with Crippen molar-refractivity contribution < 1.29 is 8.42 Å². The maximum Gasteiger partial charge on any atom is 0.242 e. The van der Waals surface area contributed by atoms with Crippen LogP contribution in [0.4, 0.5) is 0 Å². The number of aromatic nitrogens is 1. The quantitative estimate of drug-likeness (QED) is 0.842. The molecule has 1 heterocycles. The van der Waals surface area contributed by atoms with E-state index < -0.39 is 10.0 Å². The highest BCUT2D eigenvalue weighted by atomic mass is 79.9. The van der Waals surface area contributed by atoms with Crippen LogP contribution in [0.5, 0.6) is 0 Å². The Morgan fingerprint density at radius 3 is 2.81 bits per heavy atom. The summed E-state index contributed by atoms with van der Waals surface area (Å²) in [6, 6.07) is 1.50. The molecule has 0 aliphatic heterocycles. The lowest BCUT2D eigenvalue weighted by molar-refractivity contribution is 0.561. The van der Waals surface area contributed by atoms with Gasteiger partial charge in [0, 0.05) is 29.3 Å². The third-order valence-corrected chi connectivity index (χ3v) is 4.23. The molecule has 0 aliphatic rings. The first-order chi connectivity index (χ1) is 7.45. The Morgan fingerprint density at radius 2 is 2.25 bits per heavy atom. The minimum Gasteiger partial charge on any atom is -0.262 e. The number of nitrogens with one attached hydrogen (secondary N) is 1. The maximum absolute atomic E-state index is 11.8. The smallest absolute Gasteiger partial charge is 0.242 e. The van der Waals surface area contributed by atoms with Gasteiger partial charge in [0.15, 0.2) is 0 Å². The zero-order valence-electron chi connectivity index (χ0n) is 8.65. The third-order valence-electron chi connectivity index (χ3n) is 1.88. The molecule has 0 aliphatic carbocycles. The highest BCUT2D eigenvalue weighted by Gasteiger charge is 2.15. The molecular weight excluding hydrogens is 316 g/mol. The number of hydrogen-bond acceptors (Lipinski definition) is 3. The Morgan fingerprint density at radius 1 is 1.56 bits per heavy atom. The SMILES string of the molecule is CC(CCl)CNS(=O)(=O)c1cncc(Br)c1. The molecule has 0 aromatic carbocycles. The van der Waals surface area contributed by atoms with Crippen LogP contribution in [0.1, 0.15) is 6.92 Å². The second kappa shape index (κ2) is 5.95. The number of hydrogen-bond donors (Lipinski definition) is 1. The number of sulfonamides is 1. The fraction of sp³-hybridized carbons (Fsp3) is 0.444. The van der Waals surface area contributed by atoms with Crippen LogP contribution in [-0.2, 0) is 10.0 Å². The van der Waals surface area contributed by atoms with Crippen LogP contribution in [0.25, 0.3) is 0 Å². The van der Waals surface area contributed by atoms with Crippen molar-refractivity contribution in [2.24, 2.45) is 5.92 Å². The fourth-order valence-corrected chi connectivity index (χ4v) is 2.71. The Labute approximate surface area is 109 Å². The van der Waals surface area contributed by atoms with Gasteiger partial charge < -0.3 is 0 Å².